The molecule has 4 unspecified atom stereocenters. The fourth-order valence-electron chi connectivity index (χ4n) is 2.17. The van der Waals surface area contributed by atoms with Gasteiger partial charge in [-0.15, -0.1) is 0 Å². The lowest BCUT2D eigenvalue weighted by molar-refractivity contribution is -0.133. The predicted molar refractivity (Wildman–Crippen MR) is 62.1 cm³/mol. The number of nitriles is 1. The van der Waals surface area contributed by atoms with Gasteiger partial charge in [0.15, 0.2) is 0 Å². The number of hydrogen-bond acceptors (Lipinski definition) is 4. The zero-order valence-electron chi connectivity index (χ0n) is 10.4. The average Bonchev–Trinajstić information content (AvgIpc) is 2.26. The highest BCUT2D eigenvalue weighted by Gasteiger charge is 2.42. The molecule has 0 aromatic carbocycles. The molecule has 0 spiro atoms. The first-order valence-electron chi connectivity index (χ1n) is 6.04. The van der Waals surface area contributed by atoms with Crippen LogP contribution >= 0.6 is 0 Å². The van der Waals surface area contributed by atoms with E-state index in [0.717, 1.165) is 19.4 Å². The highest BCUT2D eigenvalue weighted by atomic mass is 16.5. The first-order chi connectivity index (χ1) is 7.76. The number of methoxy groups -OCH3 is 1. The number of nitrogens with zero attached hydrogens (tertiary/aromatic N) is 1. The topological polar surface area (TPSA) is 54.3 Å². The smallest absolute Gasteiger partial charge is 0.0986 e. The third-order valence-electron chi connectivity index (χ3n) is 3.18. The summed E-state index contributed by atoms with van der Waals surface area (Å²) in [7, 11) is 1.72. The molecule has 16 heavy (non-hydrogen) atoms. The Morgan fingerprint density at radius 2 is 2.25 bits per heavy atom. The summed E-state index contributed by atoms with van der Waals surface area (Å²) in [6, 6.07) is 2.81. The van der Waals surface area contributed by atoms with Gasteiger partial charge in [0.1, 0.15) is 0 Å². The van der Waals surface area contributed by atoms with E-state index < -0.39 is 0 Å². The molecular formula is C12H22N2O2. The maximum atomic E-state index is 8.68. The van der Waals surface area contributed by atoms with E-state index in [-0.39, 0.29) is 18.2 Å². The molecule has 0 heterocycles. The van der Waals surface area contributed by atoms with E-state index in [2.05, 4.69) is 18.3 Å². The van der Waals surface area contributed by atoms with E-state index >= 15 is 0 Å². The lowest BCUT2D eigenvalue weighted by Crippen LogP contribution is -2.61. The van der Waals surface area contributed by atoms with Gasteiger partial charge >= 0.3 is 0 Å². The van der Waals surface area contributed by atoms with Gasteiger partial charge in [-0.2, -0.15) is 5.26 Å². The van der Waals surface area contributed by atoms with E-state index in [9.17, 15) is 0 Å². The average molecular weight is 226 g/mol. The minimum absolute atomic E-state index is 0.132. The Kier molecular flexibility index (Phi) is 5.75. The Bertz CT molecular complexity index is 240. The molecule has 0 radical (unpaired) electrons. The number of ether oxygens (including phenoxy) is 2. The summed E-state index contributed by atoms with van der Waals surface area (Å²) >= 11 is 0. The molecule has 0 amide bonds. The molecule has 4 atom stereocenters. The SMILES string of the molecule is CCOC1CC(NC(CC)CC#N)C1OC. The molecule has 1 N–H and O–H groups in total. The van der Waals surface area contributed by atoms with Crippen LogP contribution in [0.3, 0.4) is 0 Å². The van der Waals surface area contributed by atoms with Crippen LogP contribution in [0.1, 0.15) is 33.1 Å². The van der Waals surface area contributed by atoms with Crippen LogP contribution < -0.4 is 5.32 Å². The highest BCUT2D eigenvalue weighted by molar-refractivity contribution is 4.99. The van der Waals surface area contributed by atoms with Gasteiger partial charge in [-0.25, -0.2) is 0 Å². The molecule has 1 aliphatic rings. The van der Waals surface area contributed by atoms with Crippen LogP contribution in [0.4, 0.5) is 0 Å². The van der Waals surface area contributed by atoms with Gasteiger partial charge in [0.2, 0.25) is 0 Å². The Labute approximate surface area is 97.9 Å². The van der Waals surface area contributed by atoms with Gasteiger partial charge in [-0.05, 0) is 19.8 Å². The van der Waals surface area contributed by atoms with Crippen LogP contribution in [0.2, 0.25) is 0 Å². The third kappa shape index (κ3) is 3.18. The maximum Gasteiger partial charge on any atom is 0.0986 e. The maximum absolute atomic E-state index is 8.68. The monoisotopic (exact) mass is 226 g/mol. The Morgan fingerprint density at radius 3 is 2.75 bits per heavy atom. The zero-order chi connectivity index (χ0) is 12.0. The molecule has 0 bridgehead atoms. The largest absolute Gasteiger partial charge is 0.377 e. The summed E-state index contributed by atoms with van der Waals surface area (Å²) in [5.74, 6) is 0. The van der Waals surface area contributed by atoms with Crippen molar-refractivity contribution in [1.82, 2.24) is 5.32 Å². The van der Waals surface area contributed by atoms with Gasteiger partial charge < -0.3 is 14.8 Å². The summed E-state index contributed by atoms with van der Waals surface area (Å²) in [5, 5.41) is 12.2. The van der Waals surface area contributed by atoms with Crippen LogP contribution in [0.15, 0.2) is 0 Å². The van der Waals surface area contributed by atoms with E-state index in [1.807, 2.05) is 6.92 Å². The Morgan fingerprint density at radius 1 is 1.50 bits per heavy atom. The van der Waals surface area contributed by atoms with Gasteiger partial charge in [0.25, 0.3) is 0 Å². The molecule has 0 aliphatic heterocycles. The molecule has 4 heteroatoms. The lowest BCUT2D eigenvalue weighted by atomic mass is 9.84. The van der Waals surface area contributed by atoms with Crippen molar-refractivity contribution in [3.05, 3.63) is 0 Å². The fraction of sp³-hybridized carbons (Fsp3) is 0.917. The summed E-state index contributed by atoms with van der Waals surface area (Å²) in [6.07, 6.45) is 2.86. The summed E-state index contributed by atoms with van der Waals surface area (Å²) < 4.78 is 11.0. The molecule has 0 aromatic heterocycles. The van der Waals surface area contributed by atoms with E-state index in [4.69, 9.17) is 14.7 Å². The third-order valence-corrected chi connectivity index (χ3v) is 3.18. The molecule has 0 aromatic rings. The number of nitrogens with one attached hydrogen (secondary N) is 1. The summed E-state index contributed by atoms with van der Waals surface area (Å²) in [4.78, 5) is 0. The first kappa shape index (κ1) is 13.4. The van der Waals surface area contributed by atoms with Crippen LogP contribution in [-0.2, 0) is 9.47 Å². The molecular weight excluding hydrogens is 204 g/mol. The van der Waals surface area contributed by atoms with Crippen molar-refractivity contribution < 1.29 is 9.47 Å². The quantitative estimate of drug-likeness (QED) is 0.714. The van der Waals surface area contributed by atoms with Gasteiger partial charge in [-0.3, -0.25) is 0 Å². The van der Waals surface area contributed by atoms with Crippen molar-refractivity contribution in [2.75, 3.05) is 13.7 Å². The number of hydrogen-bond donors (Lipinski definition) is 1. The van der Waals surface area contributed by atoms with Crippen LogP contribution in [0.25, 0.3) is 0 Å². The Hall–Kier alpha value is -0.630. The molecule has 1 aliphatic carbocycles. The van der Waals surface area contributed by atoms with Crippen molar-refractivity contribution in [3.63, 3.8) is 0 Å². The van der Waals surface area contributed by atoms with Crippen LogP contribution in [-0.4, -0.2) is 38.0 Å². The molecule has 92 valence electrons. The van der Waals surface area contributed by atoms with Crippen molar-refractivity contribution in [1.29, 1.82) is 5.26 Å². The Balaban J connectivity index is 2.36. The van der Waals surface area contributed by atoms with Crippen molar-refractivity contribution in [2.24, 2.45) is 0 Å². The second-order valence-corrected chi connectivity index (χ2v) is 4.17. The fourth-order valence-corrected chi connectivity index (χ4v) is 2.17. The van der Waals surface area contributed by atoms with Crippen molar-refractivity contribution in [3.8, 4) is 6.07 Å². The molecule has 1 fully saturated rings. The lowest BCUT2D eigenvalue weighted by Gasteiger charge is -2.44. The molecule has 1 saturated carbocycles. The van der Waals surface area contributed by atoms with E-state index in [0.29, 0.717) is 12.5 Å². The first-order valence-corrected chi connectivity index (χ1v) is 6.04. The van der Waals surface area contributed by atoms with Crippen LogP contribution in [0.5, 0.6) is 0 Å². The van der Waals surface area contributed by atoms with E-state index in [1.54, 1.807) is 7.11 Å². The second-order valence-electron chi connectivity index (χ2n) is 4.17. The van der Waals surface area contributed by atoms with Crippen molar-refractivity contribution in [2.45, 2.75) is 57.4 Å². The molecule has 0 saturated heterocycles. The normalized spacial score (nSPS) is 30.5. The standard InChI is InChI=1S/C12H22N2O2/c1-4-9(6-7-13)14-10-8-11(16-5-2)12(10)15-3/h9-12,14H,4-6,8H2,1-3H3. The van der Waals surface area contributed by atoms with Crippen LogP contribution in [0, 0.1) is 11.3 Å². The molecule has 1 rings (SSSR count). The van der Waals surface area contributed by atoms with Gasteiger partial charge in [0, 0.05) is 25.8 Å². The predicted octanol–water partition coefficient (Wildman–Crippen LogP) is 1.46. The minimum Gasteiger partial charge on any atom is -0.377 e. The molecule has 4 nitrogen and oxygen atoms in total. The van der Waals surface area contributed by atoms with Gasteiger partial charge in [0.05, 0.1) is 24.7 Å². The second kappa shape index (κ2) is 6.85. The minimum atomic E-state index is 0.132. The zero-order valence-corrected chi connectivity index (χ0v) is 10.4. The van der Waals surface area contributed by atoms with E-state index in [1.165, 1.54) is 0 Å². The van der Waals surface area contributed by atoms with Crippen molar-refractivity contribution >= 4 is 0 Å². The summed E-state index contributed by atoms with van der Waals surface area (Å²) in [6.45, 7) is 4.82. The van der Waals surface area contributed by atoms with Gasteiger partial charge in [-0.1, -0.05) is 6.92 Å². The highest BCUT2D eigenvalue weighted by Crippen LogP contribution is 2.27. The summed E-state index contributed by atoms with van der Waals surface area (Å²) in [5.41, 5.74) is 0. The number of rotatable bonds is 7.